The van der Waals surface area contributed by atoms with Crippen molar-refractivity contribution in [3.63, 3.8) is 0 Å². The molecule has 1 aliphatic carbocycles. The van der Waals surface area contributed by atoms with Gasteiger partial charge in [0.05, 0.1) is 0 Å². The number of nitrogens with zero attached hydrogens (tertiary/aromatic N) is 4. The Hall–Kier alpha value is -2.66. The van der Waals surface area contributed by atoms with Gasteiger partial charge >= 0.3 is 0 Å². The normalized spacial score (nSPS) is 20.3. The number of hydrogen-bond acceptors (Lipinski definition) is 3. The van der Waals surface area contributed by atoms with Gasteiger partial charge in [0.25, 0.3) is 5.91 Å². The zero-order valence-electron chi connectivity index (χ0n) is 16.3. The van der Waals surface area contributed by atoms with Gasteiger partial charge in [0.1, 0.15) is 11.3 Å². The van der Waals surface area contributed by atoms with Crippen LogP contribution < -0.4 is 0 Å². The predicted molar refractivity (Wildman–Crippen MR) is 110 cm³/mol. The molecule has 1 amide bonds. The number of fused-ring (bicyclic) bond motifs is 2. The maximum atomic E-state index is 13.0. The number of rotatable bonds is 2. The molecule has 5 nitrogen and oxygen atoms in total. The first kappa shape index (κ1) is 17.4. The van der Waals surface area contributed by atoms with E-state index in [9.17, 15) is 4.79 Å². The van der Waals surface area contributed by atoms with Gasteiger partial charge in [-0.3, -0.25) is 9.69 Å². The first-order valence-corrected chi connectivity index (χ1v) is 10.2. The van der Waals surface area contributed by atoms with Gasteiger partial charge in [-0.25, -0.2) is 4.98 Å². The lowest BCUT2D eigenvalue weighted by atomic mass is 9.87. The van der Waals surface area contributed by atoms with E-state index < -0.39 is 0 Å². The van der Waals surface area contributed by atoms with Crippen LogP contribution in [0.15, 0.2) is 48.8 Å². The molecule has 1 atom stereocenters. The molecule has 0 spiro atoms. The summed E-state index contributed by atoms with van der Waals surface area (Å²) in [5.41, 5.74) is 5.51. The van der Waals surface area contributed by atoms with E-state index >= 15 is 0 Å². The van der Waals surface area contributed by atoms with Gasteiger partial charge in [-0.15, -0.1) is 0 Å². The third-order valence-corrected chi connectivity index (χ3v) is 6.34. The Kier molecular flexibility index (Phi) is 4.40. The Morgan fingerprint density at radius 1 is 1.04 bits per heavy atom. The summed E-state index contributed by atoms with van der Waals surface area (Å²) in [5.74, 6) is 0.0525. The molecule has 0 unspecified atom stereocenters. The lowest BCUT2D eigenvalue weighted by Gasteiger charge is -2.41. The standard InChI is InChI=1S/C23H26N4O/c1-17-5-4-10-27-16-21(24-22(17)27)23(28)26-13-11-25(12-14-26)20-9-8-18-6-2-3-7-19(18)15-20/h2-7,10,16,20H,8-9,11-15H2,1H3/t20-/m1/s1. The second-order valence-electron chi connectivity index (χ2n) is 8.04. The van der Waals surface area contributed by atoms with Gasteiger partial charge in [-0.05, 0) is 48.9 Å². The Balaban J connectivity index is 1.24. The topological polar surface area (TPSA) is 40.9 Å². The van der Waals surface area contributed by atoms with Gasteiger partial charge in [0.15, 0.2) is 0 Å². The summed E-state index contributed by atoms with van der Waals surface area (Å²) in [7, 11) is 0. The van der Waals surface area contributed by atoms with Gasteiger partial charge in [0.2, 0.25) is 0 Å². The first-order valence-electron chi connectivity index (χ1n) is 10.2. The van der Waals surface area contributed by atoms with Crippen LogP contribution in [0.4, 0.5) is 0 Å². The van der Waals surface area contributed by atoms with E-state index in [2.05, 4.69) is 34.1 Å². The van der Waals surface area contributed by atoms with E-state index in [1.54, 1.807) is 0 Å². The minimum absolute atomic E-state index is 0.0525. The van der Waals surface area contributed by atoms with Crippen molar-refractivity contribution in [2.24, 2.45) is 0 Å². The minimum atomic E-state index is 0.0525. The Morgan fingerprint density at radius 3 is 2.61 bits per heavy atom. The molecule has 5 heteroatoms. The number of hydrogen-bond donors (Lipinski definition) is 0. The van der Waals surface area contributed by atoms with E-state index in [1.165, 1.54) is 24.0 Å². The van der Waals surface area contributed by atoms with Crippen LogP contribution in [0, 0.1) is 6.92 Å². The third-order valence-electron chi connectivity index (χ3n) is 6.34. The molecular weight excluding hydrogens is 348 g/mol. The van der Waals surface area contributed by atoms with E-state index in [1.807, 2.05) is 40.8 Å². The summed E-state index contributed by atoms with van der Waals surface area (Å²) in [4.78, 5) is 22.1. The van der Waals surface area contributed by atoms with Crippen molar-refractivity contribution in [2.75, 3.05) is 26.2 Å². The minimum Gasteiger partial charge on any atom is -0.335 e. The molecule has 28 heavy (non-hydrogen) atoms. The summed E-state index contributed by atoms with van der Waals surface area (Å²) in [6.45, 7) is 5.49. The van der Waals surface area contributed by atoms with Crippen molar-refractivity contribution in [2.45, 2.75) is 32.2 Å². The fraction of sp³-hybridized carbons (Fsp3) is 0.391. The van der Waals surface area contributed by atoms with Crippen LogP contribution in [0.5, 0.6) is 0 Å². The highest BCUT2D eigenvalue weighted by Gasteiger charge is 2.29. The van der Waals surface area contributed by atoms with Gasteiger partial charge in [-0.1, -0.05) is 30.3 Å². The SMILES string of the molecule is Cc1cccn2cc(C(=O)N3CCN([C@@H]4CCc5ccccc5C4)CC3)nc12. The van der Waals surface area contributed by atoms with Gasteiger partial charge < -0.3 is 9.30 Å². The molecule has 144 valence electrons. The summed E-state index contributed by atoms with van der Waals surface area (Å²) in [5, 5.41) is 0. The van der Waals surface area contributed by atoms with Crippen molar-refractivity contribution in [3.8, 4) is 0 Å². The highest BCUT2D eigenvalue weighted by molar-refractivity contribution is 5.93. The number of pyridine rings is 1. The van der Waals surface area contributed by atoms with E-state index in [4.69, 9.17) is 0 Å². The zero-order chi connectivity index (χ0) is 19.1. The quantitative estimate of drug-likeness (QED) is 0.692. The number of benzene rings is 1. The van der Waals surface area contributed by atoms with E-state index in [0.717, 1.165) is 43.8 Å². The molecular formula is C23H26N4O. The highest BCUT2D eigenvalue weighted by atomic mass is 16.2. The number of imidazole rings is 1. The first-order chi connectivity index (χ1) is 13.7. The van der Waals surface area contributed by atoms with E-state index in [-0.39, 0.29) is 5.91 Å². The summed E-state index contributed by atoms with van der Waals surface area (Å²) in [6.07, 6.45) is 7.33. The third kappa shape index (κ3) is 3.10. The molecule has 1 aromatic carbocycles. The predicted octanol–water partition coefficient (Wildman–Crippen LogP) is 2.96. The Labute approximate surface area is 165 Å². The number of aromatic nitrogens is 2. The number of piperazine rings is 1. The number of carbonyl (C=O) groups is 1. The molecule has 0 N–H and O–H groups in total. The number of amides is 1. The molecule has 1 saturated heterocycles. The fourth-order valence-electron chi connectivity index (χ4n) is 4.70. The van der Waals surface area contributed by atoms with Crippen molar-refractivity contribution in [1.82, 2.24) is 19.2 Å². The maximum Gasteiger partial charge on any atom is 0.274 e. The van der Waals surface area contributed by atoms with Crippen molar-refractivity contribution >= 4 is 11.6 Å². The second kappa shape index (κ2) is 7.06. The highest BCUT2D eigenvalue weighted by Crippen LogP contribution is 2.25. The molecule has 3 heterocycles. The van der Waals surface area contributed by atoms with Crippen LogP contribution >= 0.6 is 0 Å². The smallest absolute Gasteiger partial charge is 0.274 e. The molecule has 2 aromatic heterocycles. The van der Waals surface area contributed by atoms with Crippen molar-refractivity contribution in [3.05, 3.63) is 71.2 Å². The summed E-state index contributed by atoms with van der Waals surface area (Å²) in [6, 6.07) is 13.4. The van der Waals surface area contributed by atoms with Crippen LogP contribution in [0.2, 0.25) is 0 Å². The van der Waals surface area contributed by atoms with Gasteiger partial charge in [0, 0.05) is 44.6 Å². The monoisotopic (exact) mass is 374 g/mol. The average molecular weight is 374 g/mol. The van der Waals surface area contributed by atoms with Crippen molar-refractivity contribution in [1.29, 1.82) is 0 Å². The lowest BCUT2D eigenvalue weighted by Crippen LogP contribution is -2.53. The largest absolute Gasteiger partial charge is 0.335 e. The molecule has 3 aromatic rings. The molecule has 1 fully saturated rings. The molecule has 1 aliphatic heterocycles. The van der Waals surface area contributed by atoms with Crippen LogP contribution in [0.1, 0.15) is 33.6 Å². The number of aryl methyl sites for hydroxylation is 2. The molecule has 5 rings (SSSR count). The zero-order valence-corrected chi connectivity index (χ0v) is 16.3. The lowest BCUT2D eigenvalue weighted by molar-refractivity contribution is 0.0548. The van der Waals surface area contributed by atoms with E-state index in [0.29, 0.717) is 11.7 Å². The van der Waals surface area contributed by atoms with Crippen LogP contribution in [-0.4, -0.2) is 57.3 Å². The Bertz CT molecular complexity index is 1020. The molecule has 2 aliphatic rings. The second-order valence-corrected chi connectivity index (χ2v) is 8.04. The average Bonchev–Trinajstić information content (AvgIpc) is 3.19. The van der Waals surface area contributed by atoms with Crippen LogP contribution in [-0.2, 0) is 12.8 Å². The van der Waals surface area contributed by atoms with Crippen LogP contribution in [0.25, 0.3) is 5.65 Å². The summed E-state index contributed by atoms with van der Waals surface area (Å²) >= 11 is 0. The van der Waals surface area contributed by atoms with Crippen LogP contribution in [0.3, 0.4) is 0 Å². The van der Waals surface area contributed by atoms with Crippen molar-refractivity contribution < 1.29 is 4.79 Å². The fourth-order valence-corrected chi connectivity index (χ4v) is 4.70. The molecule has 0 saturated carbocycles. The number of carbonyl (C=O) groups excluding carboxylic acids is 1. The maximum absolute atomic E-state index is 13.0. The molecule has 0 radical (unpaired) electrons. The summed E-state index contributed by atoms with van der Waals surface area (Å²) < 4.78 is 1.94. The van der Waals surface area contributed by atoms with Gasteiger partial charge in [-0.2, -0.15) is 0 Å². The molecule has 0 bridgehead atoms. The Morgan fingerprint density at radius 2 is 1.82 bits per heavy atom.